The van der Waals surface area contributed by atoms with Crippen LogP contribution in [0.1, 0.15) is 44.2 Å². The molecule has 2 rings (SSSR count). The SMILES string of the molecule is CC(=O)C1CNC(C(=O)NCCc2ccc(C(C)C)cc2)C1. The smallest absolute Gasteiger partial charge is 0.237 e. The number of nitrogens with one attached hydrogen (secondary N) is 2. The monoisotopic (exact) mass is 302 g/mol. The Morgan fingerprint density at radius 2 is 1.95 bits per heavy atom. The summed E-state index contributed by atoms with van der Waals surface area (Å²) in [5.41, 5.74) is 2.56. The average Bonchev–Trinajstić information content (AvgIpc) is 2.98. The summed E-state index contributed by atoms with van der Waals surface area (Å²) in [7, 11) is 0. The number of rotatable bonds is 6. The van der Waals surface area contributed by atoms with Crippen molar-refractivity contribution in [2.75, 3.05) is 13.1 Å². The van der Waals surface area contributed by atoms with E-state index in [2.05, 4.69) is 48.7 Å². The molecule has 1 aliphatic rings. The zero-order chi connectivity index (χ0) is 16.1. The van der Waals surface area contributed by atoms with Gasteiger partial charge in [0.1, 0.15) is 5.78 Å². The van der Waals surface area contributed by atoms with Crippen molar-refractivity contribution in [2.45, 2.75) is 45.6 Å². The Hall–Kier alpha value is -1.68. The molecule has 1 aliphatic heterocycles. The maximum atomic E-state index is 12.1. The third kappa shape index (κ3) is 4.41. The van der Waals surface area contributed by atoms with Gasteiger partial charge in [-0.1, -0.05) is 38.1 Å². The first kappa shape index (κ1) is 16.7. The van der Waals surface area contributed by atoms with Crippen LogP contribution >= 0.6 is 0 Å². The van der Waals surface area contributed by atoms with E-state index < -0.39 is 0 Å². The topological polar surface area (TPSA) is 58.2 Å². The van der Waals surface area contributed by atoms with Gasteiger partial charge in [-0.2, -0.15) is 0 Å². The van der Waals surface area contributed by atoms with Crippen molar-refractivity contribution in [3.8, 4) is 0 Å². The molecule has 1 amide bonds. The van der Waals surface area contributed by atoms with Crippen LogP contribution in [0.15, 0.2) is 24.3 Å². The van der Waals surface area contributed by atoms with Crippen LogP contribution in [0.5, 0.6) is 0 Å². The summed E-state index contributed by atoms with van der Waals surface area (Å²) in [6.45, 7) is 7.19. The Morgan fingerprint density at radius 3 is 2.50 bits per heavy atom. The lowest BCUT2D eigenvalue weighted by Crippen LogP contribution is -2.41. The van der Waals surface area contributed by atoms with E-state index in [-0.39, 0.29) is 23.7 Å². The Bertz CT molecular complexity index is 522. The van der Waals surface area contributed by atoms with Crippen molar-refractivity contribution in [3.05, 3.63) is 35.4 Å². The zero-order valence-electron chi connectivity index (χ0n) is 13.7. The maximum absolute atomic E-state index is 12.1. The van der Waals surface area contributed by atoms with Crippen LogP contribution in [0.2, 0.25) is 0 Å². The first-order chi connectivity index (χ1) is 10.5. The number of ketones is 1. The first-order valence-corrected chi connectivity index (χ1v) is 8.07. The molecule has 0 aliphatic carbocycles. The molecule has 22 heavy (non-hydrogen) atoms. The minimum atomic E-state index is -0.225. The van der Waals surface area contributed by atoms with Crippen LogP contribution in [0.4, 0.5) is 0 Å². The fourth-order valence-electron chi connectivity index (χ4n) is 2.77. The molecule has 0 saturated carbocycles. The molecule has 1 aromatic carbocycles. The van der Waals surface area contributed by atoms with Crippen molar-refractivity contribution in [1.29, 1.82) is 0 Å². The molecule has 0 radical (unpaired) electrons. The fourth-order valence-corrected chi connectivity index (χ4v) is 2.77. The third-order valence-electron chi connectivity index (χ3n) is 4.38. The fraction of sp³-hybridized carbons (Fsp3) is 0.556. The molecular weight excluding hydrogens is 276 g/mol. The third-order valence-corrected chi connectivity index (χ3v) is 4.38. The Labute approximate surface area is 132 Å². The van der Waals surface area contributed by atoms with Crippen molar-refractivity contribution in [1.82, 2.24) is 10.6 Å². The van der Waals surface area contributed by atoms with Gasteiger partial charge in [0.25, 0.3) is 0 Å². The quantitative estimate of drug-likeness (QED) is 0.845. The highest BCUT2D eigenvalue weighted by molar-refractivity contribution is 5.85. The lowest BCUT2D eigenvalue weighted by molar-refractivity contribution is -0.123. The molecule has 2 N–H and O–H groups in total. The number of hydrogen-bond donors (Lipinski definition) is 2. The molecule has 120 valence electrons. The van der Waals surface area contributed by atoms with Gasteiger partial charge in [-0.05, 0) is 36.8 Å². The van der Waals surface area contributed by atoms with Crippen molar-refractivity contribution < 1.29 is 9.59 Å². The van der Waals surface area contributed by atoms with E-state index in [0.29, 0.717) is 25.4 Å². The molecule has 4 heteroatoms. The lowest BCUT2D eigenvalue weighted by atomic mass is 10.0. The molecule has 1 heterocycles. The van der Waals surface area contributed by atoms with E-state index in [1.807, 2.05) is 0 Å². The summed E-state index contributed by atoms with van der Waals surface area (Å²) >= 11 is 0. The number of amides is 1. The highest BCUT2D eigenvalue weighted by Crippen LogP contribution is 2.16. The largest absolute Gasteiger partial charge is 0.354 e. The lowest BCUT2D eigenvalue weighted by Gasteiger charge is -2.11. The highest BCUT2D eigenvalue weighted by Gasteiger charge is 2.31. The Morgan fingerprint density at radius 1 is 1.27 bits per heavy atom. The van der Waals surface area contributed by atoms with Gasteiger partial charge in [-0.3, -0.25) is 9.59 Å². The van der Waals surface area contributed by atoms with E-state index in [1.165, 1.54) is 11.1 Å². The summed E-state index contributed by atoms with van der Waals surface area (Å²) in [6, 6.07) is 8.33. The molecule has 0 aromatic heterocycles. The van der Waals surface area contributed by atoms with Gasteiger partial charge in [0.2, 0.25) is 5.91 Å². The molecule has 0 bridgehead atoms. The predicted molar refractivity (Wildman–Crippen MR) is 87.8 cm³/mol. The zero-order valence-corrected chi connectivity index (χ0v) is 13.7. The number of hydrogen-bond acceptors (Lipinski definition) is 3. The van der Waals surface area contributed by atoms with Crippen molar-refractivity contribution in [3.63, 3.8) is 0 Å². The minimum absolute atomic E-state index is 0.00236. The van der Waals surface area contributed by atoms with E-state index in [9.17, 15) is 9.59 Å². The van der Waals surface area contributed by atoms with Crippen LogP contribution in [-0.2, 0) is 16.0 Å². The summed E-state index contributed by atoms with van der Waals surface area (Å²) in [5, 5.41) is 6.08. The second-order valence-electron chi connectivity index (χ2n) is 6.44. The normalized spacial score (nSPS) is 21.1. The minimum Gasteiger partial charge on any atom is -0.354 e. The van der Waals surface area contributed by atoms with Gasteiger partial charge in [0.05, 0.1) is 6.04 Å². The van der Waals surface area contributed by atoms with Gasteiger partial charge in [0.15, 0.2) is 0 Å². The molecule has 1 saturated heterocycles. The maximum Gasteiger partial charge on any atom is 0.237 e. The van der Waals surface area contributed by atoms with Gasteiger partial charge < -0.3 is 10.6 Å². The highest BCUT2D eigenvalue weighted by atomic mass is 16.2. The summed E-state index contributed by atoms with van der Waals surface area (Å²) in [4.78, 5) is 23.4. The van der Waals surface area contributed by atoms with E-state index in [1.54, 1.807) is 6.92 Å². The Kier molecular flexibility index (Phi) is 5.72. The van der Waals surface area contributed by atoms with Crippen molar-refractivity contribution >= 4 is 11.7 Å². The Balaban J connectivity index is 1.74. The molecule has 2 atom stereocenters. The van der Waals surface area contributed by atoms with E-state index in [0.717, 1.165) is 6.42 Å². The van der Waals surface area contributed by atoms with Crippen LogP contribution < -0.4 is 10.6 Å². The number of carbonyl (C=O) groups is 2. The molecule has 1 aromatic rings. The summed E-state index contributed by atoms with van der Waals surface area (Å²) < 4.78 is 0. The van der Waals surface area contributed by atoms with Gasteiger partial charge in [-0.25, -0.2) is 0 Å². The second-order valence-corrected chi connectivity index (χ2v) is 6.44. The van der Waals surface area contributed by atoms with Gasteiger partial charge in [-0.15, -0.1) is 0 Å². The van der Waals surface area contributed by atoms with E-state index in [4.69, 9.17) is 0 Å². The average molecular weight is 302 g/mol. The summed E-state index contributed by atoms with van der Waals surface area (Å²) in [5.74, 6) is 0.686. The molecule has 0 spiro atoms. The van der Waals surface area contributed by atoms with Crippen LogP contribution in [0.25, 0.3) is 0 Å². The molecule has 1 fully saturated rings. The van der Waals surface area contributed by atoms with Crippen molar-refractivity contribution in [2.24, 2.45) is 5.92 Å². The van der Waals surface area contributed by atoms with Crippen LogP contribution in [0.3, 0.4) is 0 Å². The van der Waals surface area contributed by atoms with Gasteiger partial charge in [0, 0.05) is 19.0 Å². The van der Waals surface area contributed by atoms with E-state index >= 15 is 0 Å². The standard InChI is InChI=1S/C18H26N2O2/c1-12(2)15-6-4-14(5-7-15)8-9-19-18(22)17-10-16(11-20-17)13(3)21/h4-7,12,16-17,20H,8-11H2,1-3H3,(H,19,22). The number of benzene rings is 1. The number of Topliss-reactive ketones (excluding diaryl/α,β-unsaturated/α-hetero) is 1. The molecule has 2 unspecified atom stereocenters. The first-order valence-electron chi connectivity index (χ1n) is 8.07. The molecule has 4 nitrogen and oxygen atoms in total. The predicted octanol–water partition coefficient (Wildman–Crippen LogP) is 2.04. The summed E-state index contributed by atoms with van der Waals surface area (Å²) in [6.07, 6.45) is 1.44. The van der Waals surface area contributed by atoms with Crippen LogP contribution in [0, 0.1) is 5.92 Å². The number of carbonyl (C=O) groups excluding carboxylic acids is 2. The van der Waals surface area contributed by atoms with Gasteiger partial charge >= 0.3 is 0 Å². The van der Waals surface area contributed by atoms with Crippen LogP contribution in [-0.4, -0.2) is 30.8 Å². The molecular formula is C18H26N2O2. The second kappa shape index (κ2) is 7.54.